The van der Waals surface area contributed by atoms with E-state index in [1.807, 2.05) is 0 Å². The lowest BCUT2D eigenvalue weighted by molar-refractivity contribution is -0.125. The Morgan fingerprint density at radius 3 is 2.65 bits per heavy atom. The van der Waals surface area contributed by atoms with Crippen LogP contribution in [0.2, 0.25) is 0 Å². The predicted octanol–water partition coefficient (Wildman–Crippen LogP) is 3.10. The zero-order chi connectivity index (χ0) is 14.2. The Bertz CT molecular complexity index is 281. The molecule has 1 saturated carbocycles. The Kier molecular flexibility index (Phi) is 6.85. The van der Waals surface area contributed by atoms with Crippen LogP contribution >= 0.6 is 0 Å². The van der Waals surface area contributed by atoms with E-state index in [9.17, 15) is 4.79 Å². The summed E-state index contributed by atoms with van der Waals surface area (Å²) in [6.45, 7) is 5.31. The number of carbonyl (C=O) groups excluding carboxylic acids is 1. The molecule has 0 bridgehead atoms. The van der Waals surface area contributed by atoms with E-state index < -0.39 is 0 Å². The molecule has 0 spiro atoms. The summed E-state index contributed by atoms with van der Waals surface area (Å²) in [5, 5.41) is 6.57. The zero-order valence-electron chi connectivity index (χ0n) is 13.1. The molecule has 3 nitrogen and oxygen atoms in total. The molecule has 0 aromatic rings. The van der Waals surface area contributed by atoms with E-state index in [2.05, 4.69) is 17.6 Å². The first-order valence-electron chi connectivity index (χ1n) is 8.78. The number of amides is 1. The molecule has 1 amide bonds. The third-order valence-electron chi connectivity index (χ3n) is 5.22. The van der Waals surface area contributed by atoms with E-state index in [1.165, 1.54) is 38.5 Å². The van der Waals surface area contributed by atoms with E-state index in [1.54, 1.807) is 0 Å². The Hall–Kier alpha value is -0.570. The van der Waals surface area contributed by atoms with Crippen LogP contribution in [0.1, 0.15) is 64.7 Å². The summed E-state index contributed by atoms with van der Waals surface area (Å²) in [4.78, 5) is 12.3. The molecule has 1 saturated heterocycles. The average Bonchev–Trinajstić information content (AvgIpc) is 2.99. The van der Waals surface area contributed by atoms with Crippen LogP contribution in [0.4, 0.5) is 0 Å². The Labute approximate surface area is 124 Å². The van der Waals surface area contributed by atoms with Gasteiger partial charge in [-0.2, -0.15) is 0 Å². The summed E-state index contributed by atoms with van der Waals surface area (Å²) in [6, 6.07) is 0. The largest absolute Gasteiger partial charge is 0.356 e. The van der Waals surface area contributed by atoms with Gasteiger partial charge in [-0.25, -0.2) is 0 Å². The minimum Gasteiger partial charge on any atom is -0.356 e. The van der Waals surface area contributed by atoms with Crippen LogP contribution in [-0.4, -0.2) is 25.5 Å². The molecule has 0 aromatic carbocycles. The van der Waals surface area contributed by atoms with Crippen LogP contribution in [0.25, 0.3) is 0 Å². The fourth-order valence-corrected chi connectivity index (χ4v) is 3.79. The lowest BCUT2D eigenvalue weighted by Crippen LogP contribution is -2.33. The molecular weight excluding hydrogens is 248 g/mol. The molecule has 3 heteroatoms. The SMILES string of the molecule is CCC(CC1CCCCC1)C(=O)NCCC1CCNC1. The molecule has 1 heterocycles. The van der Waals surface area contributed by atoms with Crippen molar-refractivity contribution in [2.24, 2.45) is 17.8 Å². The molecule has 2 aliphatic rings. The van der Waals surface area contributed by atoms with Gasteiger partial charge < -0.3 is 10.6 Å². The molecular formula is C17H32N2O. The van der Waals surface area contributed by atoms with Crippen LogP contribution in [0.3, 0.4) is 0 Å². The number of hydrogen-bond donors (Lipinski definition) is 2. The summed E-state index contributed by atoms with van der Waals surface area (Å²) in [6.07, 6.45) is 11.4. The second-order valence-corrected chi connectivity index (χ2v) is 6.78. The monoisotopic (exact) mass is 280 g/mol. The summed E-state index contributed by atoms with van der Waals surface area (Å²) >= 11 is 0. The van der Waals surface area contributed by atoms with Crippen molar-refractivity contribution in [1.29, 1.82) is 0 Å². The van der Waals surface area contributed by atoms with Crippen molar-refractivity contribution in [3.05, 3.63) is 0 Å². The summed E-state index contributed by atoms with van der Waals surface area (Å²) in [5.74, 6) is 2.14. The van der Waals surface area contributed by atoms with Crippen molar-refractivity contribution >= 4 is 5.91 Å². The molecule has 116 valence electrons. The first-order valence-corrected chi connectivity index (χ1v) is 8.78. The van der Waals surface area contributed by atoms with Crippen LogP contribution in [0.15, 0.2) is 0 Å². The Balaban J connectivity index is 1.65. The van der Waals surface area contributed by atoms with Crippen LogP contribution < -0.4 is 10.6 Å². The topological polar surface area (TPSA) is 41.1 Å². The second-order valence-electron chi connectivity index (χ2n) is 6.78. The maximum atomic E-state index is 12.3. The maximum Gasteiger partial charge on any atom is 0.223 e. The predicted molar refractivity (Wildman–Crippen MR) is 83.6 cm³/mol. The maximum absolute atomic E-state index is 12.3. The first kappa shape index (κ1) is 15.8. The van der Waals surface area contributed by atoms with Gasteiger partial charge in [0.25, 0.3) is 0 Å². The lowest BCUT2D eigenvalue weighted by atomic mass is 9.82. The fraction of sp³-hybridized carbons (Fsp3) is 0.941. The fourth-order valence-electron chi connectivity index (χ4n) is 3.79. The quantitative estimate of drug-likeness (QED) is 0.752. The highest BCUT2D eigenvalue weighted by atomic mass is 16.1. The van der Waals surface area contributed by atoms with Gasteiger partial charge in [-0.15, -0.1) is 0 Å². The van der Waals surface area contributed by atoms with Crippen molar-refractivity contribution in [2.75, 3.05) is 19.6 Å². The Morgan fingerprint density at radius 2 is 2.00 bits per heavy atom. The zero-order valence-corrected chi connectivity index (χ0v) is 13.1. The van der Waals surface area contributed by atoms with Gasteiger partial charge in [-0.1, -0.05) is 39.0 Å². The molecule has 2 unspecified atom stereocenters. The standard InChI is InChI=1S/C17H32N2O/c1-2-16(12-14-6-4-3-5-7-14)17(20)19-11-9-15-8-10-18-13-15/h14-16,18H,2-13H2,1H3,(H,19,20). The highest BCUT2D eigenvalue weighted by molar-refractivity contribution is 5.78. The summed E-state index contributed by atoms with van der Waals surface area (Å²) < 4.78 is 0. The van der Waals surface area contributed by atoms with Crippen LogP contribution in [0, 0.1) is 17.8 Å². The molecule has 20 heavy (non-hydrogen) atoms. The molecule has 1 aliphatic heterocycles. The number of nitrogens with one attached hydrogen (secondary N) is 2. The van der Waals surface area contributed by atoms with E-state index in [4.69, 9.17) is 0 Å². The highest BCUT2D eigenvalue weighted by Gasteiger charge is 2.23. The van der Waals surface area contributed by atoms with Gasteiger partial charge in [0, 0.05) is 12.5 Å². The van der Waals surface area contributed by atoms with Gasteiger partial charge in [0.15, 0.2) is 0 Å². The van der Waals surface area contributed by atoms with Crippen molar-refractivity contribution in [3.63, 3.8) is 0 Å². The second kappa shape index (κ2) is 8.66. The van der Waals surface area contributed by atoms with E-state index in [-0.39, 0.29) is 5.92 Å². The summed E-state index contributed by atoms with van der Waals surface area (Å²) in [7, 11) is 0. The minimum absolute atomic E-state index is 0.250. The van der Waals surface area contributed by atoms with Gasteiger partial charge in [-0.05, 0) is 50.6 Å². The first-order chi connectivity index (χ1) is 9.79. The van der Waals surface area contributed by atoms with Crippen molar-refractivity contribution in [2.45, 2.75) is 64.7 Å². The summed E-state index contributed by atoms with van der Waals surface area (Å²) in [5.41, 5.74) is 0. The van der Waals surface area contributed by atoms with Crippen molar-refractivity contribution < 1.29 is 4.79 Å². The van der Waals surface area contributed by atoms with Gasteiger partial charge in [0.1, 0.15) is 0 Å². The van der Waals surface area contributed by atoms with E-state index in [0.717, 1.165) is 50.7 Å². The van der Waals surface area contributed by atoms with Crippen molar-refractivity contribution in [1.82, 2.24) is 10.6 Å². The van der Waals surface area contributed by atoms with E-state index in [0.29, 0.717) is 5.91 Å². The third-order valence-corrected chi connectivity index (χ3v) is 5.22. The molecule has 1 aliphatic carbocycles. The molecule has 0 aromatic heterocycles. The van der Waals surface area contributed by atoms with Gasteiger partial charge >= 0.3 is 0 Å². The minimum atomic E-state index is 0.250. The van der Waals surface area contributed by atoms with Gasteiger partial charge in [0.05, 0.1) is 0 Å². The molecule has 2 N–H and O–H groups in total. The third kappa shape index (κ3) is 5.08. The van der Waals surface area contributed by atoms with Gasteiger partial charge in [0.2, 0.25) is 5.91 Å². The number of rotatable bonds is 7. The van der Waals surface area contributed by atoms with Crippen molar-refractivity contribution in [3.8, 4) is 0 Å². The molecule has 2 fully saturated rings. The lowest BCUT2D eigenvalue weighted by Gasteiger charge is -2.25. The van der Waals surface area contributed by atoms with Crippen LogP contribution in [0.5, 0.6) is 0 Å². The molecule has 0 radical (unpaired) electrons. The normalized spacial score (nSPS) is 25.6. The average molecular weight is 280 g/mol. The van der Waals surface area contributed by atoms with Gasteiger partial charge in [-0.3, -0.25) is 4.79 Å². The Morgan fingerprint density at radius 1 is 1.20 bits per heavy atom. The molecule has 2 atom stereocenters. The molecule has 2 rings (SSSR count). The number of hydrogen-bond acceptors (Lipinski definition) is 2. The smallest absolute Gasteiger partial charge is 0.223 e. The number of carbonyl (C=O) groups is 1. The highest BCUT2D eigenvalue weighted by Crippen LogP contribution is 2.30. The van der Waals surface area contributed by atoms with E-state index >= 15 is 0 Å². The van der Waals surface area contributed by atoms with Crippen LogP contribution in [-0.2, 0) is 4.79 Å².